The lowest BCUT2D eigenvalue weighted by atomic mass is 9.79. The molecular formula is C15H25N3. The van der Waals surface area contributed by atoms with Crippen molar-refractivity contribution >= 4 is 0 Å². The van der Waals surface area contributed by atoms with Gasteiger partial charge in [0, 0.05) is 24.3 Å². The van der Waals surface area contributed by atoms with Gasteiger partial charge in [-0.25, -0.2) is 0 Å². The second kappa shape index (κ2) is 5.04. The summed E-state index contributed by atoms with van der Waals surface area (Å²) in [6.45, 7) is 5.76. The van der Waals surface area contributed by atoms with E-state index in [4.69, 9.17) is 0 Å². The Balaban J connectivity index is 1.58. The molecule has 1 heterocycles. The second-order valence-corrected chi connectivity index (χ2v) is 6.41. The zero-order chi connectivity index (χ0) is 12.5. The fourth-order valence-electron chi connectivity index (χ4n) is 2.98. The molecule has 0 aromatic carbocycles. The van der Waals surface area contributed by atoms with E-state index in [0.29, 0.717) is 6.04 Å². The maximum absolute atomic E-state index is 4.57. The first kappa shape index (κ1) is 12.2. The Morgan fingerprint density at radius 1 is 1.22 bits per heavy atom. The summed E-state index contributed by atoms with van der Waals surface area (Å²) in [6, 6.07) is 1.41. The molecule has 3 nitrogen and oxygen atoms in total. The van der Waals surface area contributed by atoms with Crippen LogP contribution in [0.25, 0.3) is 0 Å². The van der Waals surface area contributed by atoms with Gasteiger partial charge in [-0.15, -0.1) is 0 Å². The maximum atomic E-state index is 4.57. The second-order valence-electron chi connectivity index (χ2n) is 6.41. The van der Waals surface area contributed by atoms with Crippen LogP contribution in [0, 0.1) is 11.8 Å². The molecule has 0 aliphatic heterocycles. The molecule has 2 aliphatic rings. The Kier molecular flexibility index (Phi) is 3.42. The number of nitrogens with zero attached hydrogens (tertiary/aromatic N) is 2. The van der Waals surface area contributed by atoms with Crippen molar-refractivity contribution < 1.29 is 0 Å². The molecule has 18 heavy (non-hydrogen) atoms. The standard InChI is InChI=1S/C15H25N3/c1-11-3-6-15(7-12(11)2)18-10-13(9-17-18)8-16-14-4-5-14/h9-12,14-16H,3-8H2,1-2H3. The number of hydrogen-bond acceptors (Lipinski definition) is 2. The summed E-state index contributed by atoms with van der Waals surface area (Å²) in [6.07, 6.45) is 10.9. The van der Waals surface area contributed by atoms with Gasteiger partial charge in [0.25, 0.3) is 0 Å². The van der Waals surface area contributed by atoms with E-state index in [-0.39, 0.29) is 0 Å². The van der Waals surface area contributed by atoms with Gasteiger partial charge in [0.2, 0.25) is 0 Å². The van der Waals surface area contributed by atoms with Gasteiger partial charge in [-0.1, -0.05) is 13.8 Å². The summed E-state index contributed by atoms with van der Waals surface area (Å²) in [7, 11) is 0. The highest BCUT2D eigenvalue weighted by atomic mass is 15.3. The van der Waals surface area contributed by atoms with Crippen molar-refractivity contribution in [3.8, 4) is 0 Å². The Morgan fingerprint density at radius 3 is 2.78 bits per heavy atom. The molecule has 1 aromatic heterocycles. The van der Waals surface area contributed by atoms with E-state index in [1.165, 1.54) is 37.7 Å². The van der Waals surface area contributed by atoms with E-state index in [0.717, 1.165) is 24.4 Å². The Hall–Kier alpha value is -0.830. The van der Waals surface area contributed by atoms with Gasteiger partial charge in [0.05, 0.1) is 12.2 Å². The van der Waals surface area contributed by atoms with Crippen LogP contribution in [0.5, 0.6) is 0 Å². The Labute approximate surface area is 110 Å². The normalized spacial score (nSPS) is 32.7. The lowest BCUT2D eigenvalue weighted by Gasteiger charge is -2.32. The van der Waals surface area contributed by atoms with Gasteiger partial charge in [-0.05, 0) is 43.9 Å². The van der Waals surface area contributed by atoms with Crippen LogP contribution >= 0.6 is 0 Å². The molecule has 0 spiro atoms. The molecule has 1 N–H and O–H groups in total. The molecule has 3 atom stereocenters. The fraction of sp³-hybridized carbons (Fsp3) is 0.800. The zero-order valence-corrected chi connectivity index (χ0v) is 11.6. The van der Waals surface area contributed by atoms with Crippen LogP contribution in [-0.4, -0.2) is 15.8 Å². The molecule has 2 saturated carbocycles. The monoisotopic (exact) mass is 247 g/mol. The number of hydrogen-bond donors (Lipinski definition) is 1. The highest BCUT2D eigenvalue weighted by Gasteiger charge is 2.26. The highest BCUT2D eigenvalue weighted by Crippen LogP contribution is 2.35. The molecule has 0 radical (unpaired) electrons. The van der Waals surface area contributed by atoms with Crippen molar-refractivity contribution in [2.45, 2.75) is 64.6 Å². The third-order valence-corrected chi connectivity index (χ3v) is 4.77. The lowest BCUT2D eigenvalue weighted by molar-refractivity contribution is 0.201. The molecule has 3 unspecified atom stereocenters. The van der Waals surface area contributed by atoms with Crippen molar-refractivity contribution in [1.82, 2.24) is 15.1 Å². The van der Waals surface area contributed by atoms with E-state index < -0.39 is 0 Å². The smallest absolute Gasteiger partial charge is 0.0534 e. The van der Waals surface area contributed by atoms with E-state index in [9.17, 15) is 0 Å². The largest absolute Gasteiger partial charge is 0.310 e. The van der Waals surface area contributed by atoms with E-state index in [1.54, 1.807) is 0 Å². The van der Waals surface area contributed by atoms with Crippen molar-refractivity contribution in [3.63, 3.8) is 0 Å². The summed E-state index contributed by atoms with van der Waals surface area (Å²) in [5.41, 5.74) is 1.34. The summed E-state index contributed by atoms with van der Waals surface area (Å²) in [5.74, 6) is 1.72. The van der Waals surface area contributed by atoms with Crippen molar-refractivity contribution in [2.24, 2.45) is 11.8 Å². The molecule has 2 aliphatic carbocycles. The molecule has 3 rings (SSSR count). The van der Waals surface area contributed by atoms with E-state index in [1.807, 2.05) is 6.20 Å². The van der Waals surface area contributed by atoms with E-state index >= 15 is 0 Å². The lowest BCUT2D eigenvalue weighted by Crippen LogP contribution is -2.23. The van der Waals surface area contributed by atoms with Gasteiger partial charge in [-0.2, -0.15) is 5.10 Å². The van der Waals surface area contributed by atoms with Crippen LogP contribution in [0.1, 0.15) is 57.6 Å². The minimum absolute atomic E-state index is 0.630. The molecule has 2 fully saturated rings. The summed E-state index contributed by atoms with van der Waals surface area (Å²) >= 11 is 0. The minimum Gasteiger partial charge on any atom is -0.310 e. The van der Waals surface area contributed by atoms with Gasteiger partial charge in [-0.3, -0.25) is 4.68 Å². The molecule has 3 heteroatoms. The molecule has 0 saturated heterocycles. The fourth-order valence-corrected chi connectivity index (χ4v) is 2.98. The van der Waals surface area contributed by atoms with Crippen LogP contribution in [0.4, 0.5) is 0 Å². The van der Waals surface area contributed by atoms with Gasteiger partial charge in [0.1, 0.15) is 0 Å². The van der Waals surface area contributed by atoms with E-state index in [2.05, 4.69) is 35.1 Å². The topological polar surface area (TPSA) is 29.9 Å². The predicted octanol–water partition coefficient (Wildman–Crippen LogP) is 3.13. The molecule has 0 bridgehead atoms. The number of rotatable bonds is 4. The van der Waals surface area contributed by atoms with Crippen LogP contribution in [0.3, 0.4) is 0 Å². The number of aromatic nitrogens is 2. The summed E-state index contributed by atoms with van der Waals surface area (Å²) in [4.78, 5) is 0. The average molecular weight is 247 g/mol. The Morgan fingerprint density at radius 2 is 2.06 bits per heavy atom. The molecule has 1 aromatic rings. The molecule has 0 amide bonds. The summed E-state index contributed by atoms with van der Waals surface area (Å²) < 4.78 is 2.21. The van der Waals surface area contributed by atoms with Crippen molar-refractivity contribution in [1.29, 1.82) is 0 Å². The van der Waals surface area contributed by atoms with Gasteiger partial charge < -0.3 is 5.32 Å². The van der Waals surface area contributed by atoms with Crippen LogP contribution in [-0.2, 0) is 6.54 Å². The number of nitrogens with one attached hydrogen (secondary N) is 1. The molecular weight excluding hydrogens is 222 g/mol. The zero-order valence-electron chi connectivity index (χ0n) is 11.6. The SMILES string of the molecule is CC1CCC(n2cc(CNC3CC3)cn2)CC1C. The first-order valence-electron chi connectivity index (χ1n) is 7.49. The Bertz CT molecular complexity index is 394. The van der Waals surface area contributed by atoms with Gasteiger partial charge >= 0.3 is 0 Å². The first-order chi connectivity index (χ1) is 8.72. The molecule has 100 valence electrons. The third-order valence-electron chi connectivity index (χ3n) is 4.77. The minimum atomic E-state index is 0.630. The van der Waals surface area contributed by atoms with Crippen LogP contribution in [0.15, 0.2) is 12.4 Å². The highest BCUT2D eigenvalue weighted by molar-refractivity contribution is 5.05. The maximum Gasteiger partial charge on any atom is 0.0534 e. The third kappa shape index (κ3) is 2.77. The van der Waals surface area contributed by atoms with Crippen LogP contribution in [0.2, 0.25) is 0 Å². The van der Waals surface area contributed by atoms with Crippen molar-refractivity contribution in [2.75, 3.05) is 0 Å². The van der Waals surface area contributed by atoms with Crippen molar-refractivity contribution in [3.05, 3.63) is 18.0 Å². The van der Waals surface area contributed by atoms with Gasteiger partial charge in [0.15, 0.2) is 0 Å². The summed E-state index contributed by atoms with van der Waals surface area (Å²) in [5, 5.41) is 8.13. The van der Waals surface area contributed by atoms with Crippen LogP contribution < -0.4 is 5.32 Å². The quantitative estimate of drug-likeness (QED) is 0.886. The average Bonchev–Trinajstić information content (AvgIpc) is 3.08. The first-order valence-corrected chi connectivity index (χ1v) is 7.49. The predicted molar refractivity (Wildman–Crippen MR) is 73.3 cm³/mol.